The average molecular weight is 411 g/mol. The van der Waals surface area contributed by atoms with Crippen LogP contribution in [-0.2, 0) is 16.1 Å². The van der Waals surface area contributed by atoms with Gasteiger partial charge >= 0.3 is 12.0 Å². The van der Waals surface area contributed by atoms with Crippen LogP contribution in [0.4, 0.5) is 4.79 Å². The minimum atomic E-state index is -2.42. The van der Waals surface area contributed by atoms with E-state index in [1.54, 1.807) is 30.1 Å². The number of piperidine rings is 2. The van der Waals surface area contributed by atoms with Crippen molar-refractivity contribution in [2.75, 3.05) is 19.6 Å². The van der Waals surface area contributed by atoms with Crippen molar-refractivity contribution in [1.29, 1.82) is 0 Å². The zero-order chi connectivity index (χ0) is 20.8. The lowest BCUT2D eigenvalue weighted by Crippen LogP contribution is -2.50. The molecular formula is C19H28N3O5S-. The van der Waals surface area contributed by atoms with Crippen LogP contribution in [-0.4, -0.2) is 60.7 Å². The number of nitrogens with one attached hydrogen (secondary N) is 1. The van der Waals surface area contributed by atoms with E-state index in [0.717, 1.165) is 5.57 Å². The molecule has 0 aromatic heterocycles. The molecule has 3 atom stereocenters. The number of carbonyl (C=O) groups excluding carboxylic acids is 1. The van der Waals surface area contributed by atoms with Gasteiger partial charge < -0.3 is 19.9 Å². The Morgan fingerprint density at radius 2 is 2.04 bits per heavy atom. The van der Waals surface area contributed by atoms with Gasteiger partial charge in [-0.3, -0.25) is 13.3 Å². The molecule has 0 radical (unpaired) electrons. The van der Waals surface area contributed by atoms with Gasteiger partial charge in [0.2, 0.25) is 0 Å². The molecule has 0 aromatic rings. The van der Waals surface area contributed by atoms with Gasteiger partial charge in [0.15, 0.2) is 0 Å². The number of rotatable bonds is 5. The number of urea groups is 1. The lowest BCUT2D eigenvalue weighted by Gasteiger charge is -2.44. The molecule has 1 unspecified atom stereocenters. The molecule has 2 aliphatic rings. The van der Waals surface area contributed by atoms with E-state index in [1.807, 2.05) is 6.92 Å². The maximum atomic E-state index is 12.5. The number of carboxylic acid groups (broad SMARTS) is 1. The van der Waals surface area contributed by atoms with Gasteiger partial charge in [-0.1, -0.05) is 24.8 Å². The lowest BCUT2D eigenvalue weighted by molar-refractivity contribution is -0.143. The monoisotopic (exact) mass is 410 g/mol. The van der Waals surface area contributed by atoms with Crippen molar-refractivity contribution < 1.29 is 23.5 Å². The number of carbonyl (C=O) groups is 2. The van der Waals surface area contributed by atoms with E-state index in [9.17, 15) is 18.4 Å². The predicted molar refractivity (Wildman–Crippen MR) is 106 cm³/mol. The van der Waals surface area contributed by atoms with Gasteiger partial charge in [-0.15, -0.1) is 0 Å². The maximum Gasteiger partial charge on any atom is 0.317 e. The van der Waals surface area contributed by atoms with E-state index in [1.165, 1.54) is 4.31 Å². The standard InChI is InChI=1S/C19H29N3O5S/c1-4-6-15-11-16(13(3)22(28(26)27)17(15)5-2)12-20-19(25)21-9-7-14(8-10-21)18(23)24/h4-6,13-14,16H,1,7-12H2,2-3H3,(H,20,25)(H,23,24)(H,26,27)/p-1/b15-6-,17-5+/t13-,16+/m1/s1. The fourth-order valence-electron chi connectivity index (χ4n) is 3.84. The van der Waals surface area contributed by atoms with Gasteiger partial charge in [-0.25, -0.2) is 4.79 Å². The van der Waals surface area contributed by atoms with Gasteiger partial charge in [0, 0.05) is 48.6 Å². The summed E-state index contributed by atoms with van der Waals surface area (Å²) in [7, 11) is 0. The molecule has 2 N–H and O–H groups in total. The molecule has 2 saturated heterocycles. The largest absolute Gasteiger partial charge is 0.755 e. The highest BCUT2D eigenvalue weighted by Gasteiger charge is 2.34. The van der Waals surface area contributed by atoms with Crippen LogP contribution < -0.4 is 5.32 Å². The SMILES string of the molecule is C=C/C=C1/C[C@@H](CNC(=O)N2CCC(C(=O)O)CC2)[C@@H](C)N(S(=O)[O-])/C1=C/C. The van der Waals surface area contributed by atoms with E-state index >= 15 is 0 Å². The number of allylic oxidation sites excluding steroid dienone is 4. The maximum absolute atomic E-state index is 12.5. The fourth-order valence-corrected chi connectivity index (χ4v) is 4.66. The van der Waals surface area contributed by atoms with Crippen LogP contribution in [0.5, 0.6) is 0 Å². The van der Waals surface area contributed by atoms with Crippen molar-refractivity contribution in [1.82, 2.24) is 14.5 Å². The van der Waals surface area contributed by atoms with E-state index in [2.05, 4.69) is 11.9 Å². The summed E-state index contributed by atoms with van der Waals surface area (Å²) in [5.74, 6) is -1.30. The van der Waals surface area contributed by atoms with Crippen LogP contribution in [0.1, 0.15) is 33.1 Å². The number of hydrogen-bond donors (Lipinski definition) is 2. The first-order valence-electron chi connectivity index (χ1n) is 9.42. The number of amides is 2. The molecule has 9 heteroatoms. The molecule has 156 valence electrons. The second-order valence-electron chi connectivity index (χ2n) is 7.13. The Morgan fingerprint density at radius 1 is 1.39 bits per heavy atom. The smallest absolute Gasteiger partial charge is 0.317 e. The Balaban J connectivity index is 2.02. The molecule has 2 amide bonds. The third-order valence-corrected chi connectivity index (χ3v) is 6.35. The van der Waals surface area contributed by atoms with Crippen LogP contribution in [0.3, 0.4) is 0 Å². The summed E-state index contributed by atoms with van der Waals surface area (Å²) in [4.78, 5) is 25.1. The Hall–Kier alpha value is -2.13. The second-order valence-corrected chi connectivity index (χ2v) is 7.96. The highest BCUT2D eigenvalue weighted by molar-refractivity contribution is 7.76. The molecule has 0 bridgehead atoms. The van der Waals surface area contributed by atoms with Gasteiger partial charge in [-0.2, -0.15) is 0 Å². The van der Waals surface area contributed by atoms with E-state index in [0.29, 0.717) is 44.6 Å². The van der Waals surface area contributed by atoms with Crippen molar-refractivity contribution in [2.24, 2.45) is 11.8 Å². The van der Waals surface area contributed by atoms with Gasteiger partial charge in [0.1, 0.15) is 0 Å². The van der Waals surface area contributed by atoms with Crippen LogP contribution in [0.15, 0.2) is 36.1 Å². The fraction of sp³-hybridized carbons (Fsp3) is 0.579. The van der Waals surface area contributed by atoms with Crippen molar-refractivity contribution in [3.63, 3.8) is 0 Å². The molecule has 0 aromatic carbocycles. The zero-order valence-corrected chi connectivity index (χ0v) is 17.1. The minimum Gasteiger partial charge on any atom is -0.755 e. The normalized spacial score (nSPS) is 27.7. The minimum absolute atomic E-state index is 0.0895. The Labute approximate surface area is 168 Å². The van der Waals surface area contributed by atoms with Crippen molar-refractivity contribution in [3.05, 3.63) is 36.1 Å². The van der Waals surface area contributed by atoms with Crippen LogP contribution in [0, 0.1) is 11.8 Å². The molecule has 2 rings (SSSR count). The summed E-state index contributed by atoms with van der Waals surface area (Å²) in [6.07, 6.45) is 6.71. The van der Waals surface area contributed by atoms with Gasteiger partial charge in [0.05, 0.1) is 5.92 Å². The summed E-state index contributed by atoms with van der Waals surface area (Å²) in [5.41, 5.74) is 1.50. The van der Waals surface area contributed by atoms with Gasteiger partial charge in [-0.05, 0) is 38.7 Å². The number of nitrogens with zero attached hydrogens (tertiary/aromatic N) is 2. The van der Waals surface area contributed by atoms with E-state index < -0.39 is 23.2 Å². The van der Waals surface area contributed by atoms with Crippen molar-refractivity contribution >= 4 is 23.3 Å². The van der Waals surface area contributed by atoms with Crippen LogP contribution >= 0.6 is 0 Å². The summed E-state index contributed by atoms with van der Waals surface area (Å²) < 4.78 is 24.9. The third kappa shape index (κ3) is 5.02. The Morgan fingerprint density at radius 3 is 2.54 bits per heavy atom. The van der Waals surface area contributed by atoms with Crippen molar-refractivity contribution in [3.8, 4) is 0 Å². The number of carboxylic acids is 1. The first kappa shape index (κ1) is 22.2. The molecule has 8 nitrogen and oxygen atoms in total. The molecule has 2 heterocycles. The summed E-state index contributed by atoms with van der Waals surface area (Å²) in [5, 5.41) is 11.9. The Bertz CT molecular complexity index is 698. The van der Waals surface area contributed by atoms with Crippen LogP contribution in [0.2, 0.25) is 0 Å². The molecule has 28 heavy (non-hydrogen) atoms. The number of aliphatic carboxylic acids is 1. The third-order valence-electron chi connectivity index (χ3n) is 5.50. The topological polar surface area (TPSA) is 113 Å². The molecule has 0 aliphatic carbocycles. The number of hydrogen-bond acceptors (Lipinski definition) is 4. The molecule has 2 fully saturated rings. The van der Waals surface area contributed by atoms with E-state index in [-0.39, 0.29) is 18.0 Å². The first-order chi connectivity index (χ1) is 13.3. The number of likely N-dealkylation sites (tertiary alicyclic amines) is 1. The first-order valence-corrected chi connectivity index (χ1v) is 10.5. The second kappa shape index (κ2) is 9.88. The van der Waals surface area contributed by atoms with E-state index in [4.69, 9.17) is 5.11 Å². The lowest BCUT2D eigenvalue weighted by atomic mass is 9.86. The Kier molecular flexibility index (Phi) is 7.82. The summed E-state index contributed by atoms with van der Waals surface area (Å²) in [6.45, 7) is 8.47. The highest BCUT2D eigenvalue weighted by Crippen LogP contribution is 2.35. The van der Waals surface area contributed by atoms with Gasteiger partial charge in [0.25, 0.3) is 0 Å². The molecule has 0 saturated carbocycles. The van der Waals surface area contributed by atoms with Crippen LogP contribution in [0.25, 0.3) is 0 Å². The summed E-state index contributed by atoms with van der Waals surface area (Å²) >= 11 is -2.42. The predicted octanol–water partition coefficient (Wildman–Crippen LogP) is 2.01. The summed E-state index contributed by atoms with van der Waals surface area (Å²) in [6, 6.07) is -0.540. The average Bonchev–Trinajstić information content (AvgIpc) is 2.67. The highest BCUT2D eigenvalue weighted by atomic mass is 32.2. The molecule has 2 aliphatic heterocycles. The van der Waals surface area contributed by atoms with Crippen molar-refractivity contribution in [2.45, 2.75) is 39.2 Å². The quantitative estimate of drug-likeness (QED) is 0.673. The molecule has 0 spiro atoms. The zero-order valence-electron chi connectivity index (χ0n) is 16.3. The molecular weight excluding hydrogens is 382 g/mol.